The summed E-state index contributed by atoms with van der Waals surface area (Å²) in [6.45, 7) is 5.88. The van der Waals surface area contributed by atoms with E-state index in [4.69, 9.17) is 4.74 Å². The molecule has 0 unspecified atom stereocenters. The second-order valence-electron chi connectivity index (χ2n) is 5.88. The zero-order chi connectivity index (χ0) is 17.3. The summed E-state index contributed by atoms with van der Waals surface area (Å²) in [5.74, 6) is 0.605. The van der Waals surface area contributed by atoms with E-state index in [0.29, 0.717) is 11.3 Å². The monoisotopic (exact) mass is 320 g/mol. The Kier molecular flexibility index (Phi) is 4.21. The molecule has 1 aromatic heterocycles. The maximum Gasteiger partial charge on any atom is 0.257 e. The first kappa shape index (κ1) is 16.0. The predicted octanol–water partition coefficient (Wildman–Crippen LogP) is 4.42. The predicted molar refractivity (Wildman–Crippen MR) is 96.9 cm³/mol. The number of nitrogens with zero attached hydrogens (tertiary/aromatic N) is 1. The van der Waals surface area contributed by atoms with Gasteiger partial charge in [0.05, 0.1) is 23.9 Å². The number of hydrogen-bond donors (Lipinski definition) is 1. The summed E-state index contributed by atoms with van der Waals surface area (Å²) >= 11 is 0. The van der Waals surface area contributed by atoms with Gasteiger partial charge in [0, 0.05) is 17.1 Å². The van der Waals surface area contributed by atoms with Gasteiger partial charge in [-0.3, -0.25) is 9.78 Å². The lowest BCUT2D eigenvalue weighted by Crippen LogP contribution is -2.15. The van der Waals surface area contributed by atoms with Crippen LogP contribution in [-0.4, -0.2) is 18.0 Å². The molecule has 0 aliphatic carbocycles. The van der Waals surface area contributed by atoms with E-state index in [2.05, 4.69) is 10.3 Å². The average molecular weight is 320 g/mol. The van der Waals surface area contributed by atoms with Gasteiger partial charge in [0.25, 0.3) is 5.91 Å². The maximum atomic E-state index is 12.7. The van der Waals surface area contributed by atoms with Gasteiger partial charge >= 0.3 is 0 Å². The van der Waals surface area contributed by atoms with Crippen molar-refractivity contribution in [2.24, 2.45) is 0 Å². The molecule has 1 N–H and O–H groups in total. The number of hydrogen-bond acceptors (Lipinski definition) is 3. The quantitative estimate of drug-likeness (QED) is 0.777. The van der Waals surface area contributed by atoms with Crippen LogP contribution in [0, 0.1) is 20.8 Å². The topological polar surface area (TPSA) is 51.2 Å². The number of benzene rings is 2. The van der Waals surface area contributed by atoms with E-state index in [1.807, 2.05) is 63.2 Å². The summed E-state index contributed by atoms with van der Waals surface area (Å²) in [7, 11) is 1.63. The minimum Gasteiger partial charge on any atom is -0.497 e. The number of anilines is 1. The van der Waals surface area contributed by atoms with Crippen molar-refractivity contribution in [3.63, 3.8) is 0 Å². The highest BCUT2D eigenvalue weighted by atomic mass is 16.5. The molecule has 0 spiro atoms. The molecule has 4 nitrogen and oxygen atoms in total. The first-order valence-corrected chi connectivity index (χ1v) is 7.82. The van der Waals surface area contributed by atoms with Gasteiger partial charge in [-0.1, -0.05) is 12.1 Å². The SMILES string of the molecule is COc1ccc2cc(C(=O)Nc3cccc(C)c3C)c(C)nc2c1. The number of amides is 1. The van der Waals surface area contributed by atoms with E-state index in [1.54, 1.807) is 7.11 Å². The normalized spacial score (nSPS) is 10.7. The van der Waals surface area contributed by atoms with E-state index < -0.39 is 0 Å². The van der Waals surface area contributed by atoms with Crippen molar-refractivity contribution in [3.05, 3.63) is 64.8 Å². The van der Waals surface area contributed by atoms with Crippen molar-refractivity contribution in [2.75, 3.05) is 12.4 Å². The molecule has 2 aromatic carbocycles. The summed E-state index contributed by atoms with van der Waals surface area (Å²) in [6, 6.07) is 13.4. The molecule has 0 aliphatic rings. The van der Waals surface area contributed by atoms with Gasteiger partial charge in [-0.25, -0.2) is 0 Å². The number of carbonyl (C=O) groups excluding carboxylic acids is 1. The molecule has 3 rings (SSSR count). The standard InChI is InChI=1S/C20H20N2O2/c1-12-6-5-7-18(13(12)2)22-20(23)17-10-15-8-9-16(24-4)11-19(15)21-14(17)3/h5-11H,1-4H3,(H,22,23). The molecule has 24 heavy (non-hydrogen) atoms. The van der Waals surface area contributed by atoms with Gasteiger partial charge < -0.3 is 10.1 Å². The lowest BCUT2D eigenvalue weighted by Gasteiger charge is -2.12. The number of methoxy groups -OCH3 is 1. The van der Waals surface area contributed by atoms with Gasteiger partial charge in [0.1, 0.15) is 5.75 Å². The fraction of sp³-hybridized carbons (Fsp3) is 0.200. The van der Waals surface area contributed by atoms with Gasteiger partial charge in [-0.05, 0) is 56.2 Å². The fourth-order valence-corrected chi connectivity index (χ4v) is 2.68. The molecule has 0 saturated heterocycles. The number of nitrogens with one attached hydrogen (secondary N) is 1. The zero-order valence-corrected chi connectivity index (χ0v) is 14.3. The van der Waals surface area contributed by atoms with Crippen LogP contribution in [0.2, 0.25) is 0 Å². The molecular weight excluding hydrogens is 300 g/mol. The minimum atomic E-state index is -0.147. The Bertz CT molecular complexity index is 932. The molecule has 3 aromatic rings. The lowest BCUT2D eigenvalue weighted by molar-refractivity contribution is 0.102. The summed E-state index contributed by atoms with van der Waals surface area (Å²) < 4.78 is 5.22. The summed E-state index contributed by atoms with van der Waals surface area (Å²) in [6.07, 6.45) is 0. The first-order chi connectivity index (χ1) is 11.5. The third-order valence-corrected chi connectivity index (χ3v) is 4.31. The Morgan fingerprint density at radius 1 is 1.08 bits per heavy atom. The van der Waals surface area contributed by atoms with E-state index >= 15 is 0 Å². The summed E-state index contributed by atoms with van der Waals surface area (Å²) in [4.78, 5) is 17.2. The molecule has 122 valence electrons. The van der Waals surface area contributed by atoms with Crippen LogP contribution in [0.15, 0.2) is 42.5 Å². The van der Waals surface area contributed by atoms with Gasteiger partial charge in [-0.15, -0.1) is 0 Å². The van der Waals surface area contributed by atoms with Crippen molar-refractivity contribution >= 4 is 22.5 Å². The molecule has 0 atom stereocenters. The smallest absolute Gasteiger partial charge is 0.257 e. The second kappa shape index (κ2) is 6.32. The Morgan fingerprint density at radius 2 is 1.88 bits per heavy atom. The van der Waals surface area contributed by atoms with Crippen molar-refractivity contribution in [1.29, 1.82) is 0 Å². The van der Waals surface area contributed by atoms with E-state index in [-0.39, 0.29) is 5.91 Å². The number of ether oxygens (including phenoxy) is 1. The maximum absolute atomic E-state index is 12.7. The Labute approximate surface area is 141 Å². The molecule has 4 heteroatoms. The van der Waals surface area contributed by atoms with Crippen molar-refractivity contribution in [3.8, 4) is 5.75 Å². The highest BCUT2D eigenvalue weighted by Crippen LogP contribution is 2.23. The molecule has 1 heterocycles. The molecule has 0 saturated carbocycles. The third-order valence-electron chi connectivity index (χ3n) is 4.31. The van der Waals surface area contributed by atoms with Crippen LogP contribution >= 0.6 is 0 Å². The van der Waals surface area contributed by atoms with Crippen molar-refractivity contribution in [1.82, 2.24) is 4.98 Å². The summed E-state index contributed by atoms with van der Waals surface area (Å²) in [5.41, 5.74) is 5.13. The van der Waals surface area contributed by atoms with Crippen LogP contribution in [0.1, 0.15) is 27.2 Å². The van der Waals surface area contributed by atoms with Crippen molar-refractivity contribution < 1.29 is 9.53 Å². The van der Waals surface area contributed by atoms with Crippen molar-refractivity contribution in [2.45, 2.75) is 20.8 Å². The molecule has 0 radical (unpaired) electrons. The zero-order valence-electron chi connectivity index (χ0n) is 14.3. The van der Waals surface area contributed by atoms with Crippen LogP contribution in [0.4, 0.5) is 5.69 Å². The van der Waals surface area contributed by atoms with Crippen LogP contribution in [0.25, 0.3) is 10.9 Å². The number of rotatable bonds is 3. The van der Waals surface area contributed by atoms with Gasteiger partial charge in [0.15, 0.2) is 0 Å². The number of fused-ring (bicyclic) bond motifs is 1. The largest absolute Gasteiger partial charge is 0.497 e. The molecule has 0 bridgehead atoms. The first-order valence-electron chi connectivity index (χ1n) is 7.82. The Hall–Kier alpha value is -2.88. The summed E-state index contributed by atoms with van der Waals surface area (Å²) in [5, 5.41) is 3.90. The third kappa shape index (κ3) is 2.95. The van der Waals surface area contributed by atoms with Crippen LogP contribution in [0.3, 0.4) is 0 Å². The number of pyridine rings is 1. The second-order valence-corrected chi connectivity index (χ2v) is 5.88. The molecule has 1 amide bonds. The molecule has 0 fully saturated rings. The highest BCUT2D eigenvalue weighted by Gasteiger charge is 2.13. The number of aromatic nitrogens is 1. The van der Waals surface area contributed by atoms with Crippen LogP contribution in [-0.2, 0) is 0 Å². The minimum absolute atomic E-state index is 0.147. The Morgan fingerprint density at radius 3 is 2.62 bits per heavy atom. The lowest BCUT2D eigenvalue weighted by atomic mass is 10.1. The van der Waals surface area contributed by atoms with E-state index in [9.17, 15) is 4.79 Å². The number of carbonyl (C=O) groups is 1. The van der Waals surface area contributed by atoms with Crippen LogP contribution in [0.5, 0.6) is 5.75 Å². The van der Waals surface area contributed by atoms with Gasteiger partial charge in [-0.2, -0.15) is 0 Å². The highest BCUT2D eigenvalue weighted by molar-refractivity contribution is 6.07. The van der Waals surface area contributed by atoms with Gasteiger partial charge in [0.2, 0.25) is 0 Å². The van der Waals surface area contributed by atoms with E-state index in [0.717, 1.165) is 33.5 Å². The van der Waals surface area contributed by atoms with Crippen LogP contribution < -0.4 is 10.1 Å². The fourth-order valence-electron chi connectivity index (χ4n) is 2.68. The Balaban J connectivity index is 1.97. The molecule has 0 aliphatic heterocycles. The number of aryl methyl sites for hydroxylation is 2. The van der Waals surface area contributed by atoms with E-state index in [1.165, 1.54) is 0 Å². The molecular formula is C20H20N2O2. The average Bonchev–Trinajstić information content (AvgIpc) is 2.57.